The van der Waals surface area contributed by atoms with Gasteiger partial charge in [0.2, 0.25) is 0 Å². The van der Waals surface area contributed by atoms with Crippen LogP contribution in [-0.4, -0.2) is 31.3 Å². The summed E-state index contributed by atoms with van der Waals surface area (Å²) in [4.78, 5) is 2.29. The number of nitrogens with zero attached hydrogens (tertiary/aromatic N) is 2. The Labute approximate surface area is 84.0 Å². The summed E-state index contributed by atoms with van der Waals surface area (Å²) in [7, 11) is 0. The summed E-state index contributed by atoms with van der Waals surface area (Å²) in [5.41, 5.74) is 1.45. The SMILES string of the molecule is CCCCc1ccnn[c]1[Sn][CH3]. The zero-order valence-corrected chi connectivity index (χ0v) is 10.5. The van der Waals surface area contributed by atoms with Crippen LogP contribution in [-0.2, 0) is 6.42 Å². The number of hydrogen-bond acceptors (Lipinski definition) is 2. The molecule has 0 unspecified atom stereocenters. The van der Waals surface area contributed by atoms with Gasteiger partial charge in [0.05, 0.1) is 0 Å². The minimum atomic E-state index is -0.393. The van der Waals surface area contributed by atoms with E-state index in [1.807, 2.05) is 6.20 Å². The number of unbranched alkanes of at least 4 members (excludes halogenated alkanes) is 1. The van der Waals surface area contributed by atoms with Gasteiger partial charge in [-0.1, -0.05) is 0 Å². The molecule has 64 valence electrons. The van der Waals surface area contributed by atoms with Gasteiger partial charge >= 0.3 is 84.0 Å². The van der Waals surface area contributed by atoms with Gasteiger partial charge in [-0.3, -0.25) is 0 Å². The Hall–Kier alpha value is -0.121. The quantitative estimate of drug-likeness (QED) is 0.767. The Balaban J connectivity index is 2.68. The molecule has 12 heavy (non-hydrogen) atoms. The predicted octanol–water partition coefficient (Wildman–Crippen LogP) is 1.20. The van der Waals surface area contributed by atoms with E-state index < -0.39 is 21.1 Å². The molecule has 0 spiro atoms. The van der Waals surface area contributed by atoms with Gasteiger partial charge in [-0.05, 0) is 0 Å². The van der Waals surface area contributed by atoms with E-state index in [4.69, 9.17) is 0 Å². The van der Waals surface area contributed by atoms with Crippen LogP contribution in [0.4, 0.5) is 0 Å². The van der Waals surface area contributed by atoms with E-state index in [-0.39, 0.29) is 0 Å². The van der Waals surface area contributed by atoms with Crippen LogP contribution < -0.4 is 3.71 Å². The average molecular weight is 269 g/mol. The number of aromatic nitrogens is 2. The van der Waals surface area contributed by atoms with Crippen LogP contribution >= 0.6 is 0 Å². The molecule has 0 aliphatic carbocycles. The molecule has 1 aromatic rings. The number of rotatable bonds is 4. The van der Waals surface area contributed by atoms with Crippen molar-refractivity contribution < 1.29 is 0 Å². The summed E-state index contributed by atoms with van der Waals surface area (Å²) < 4.78 is 1.33. The van der Waals surface area contributed by atoms with E-state index in [9.17, 15) is 0 Å². The molecule has 0 aliphatic heterocycles. The Morgan fingerprint density at radius 2 is 2.33 bits per heavy atom. The van der Waals surface area contributed by atoms with Crippen molar-refractivity contribution in [2.75, 3.05) is 0 Å². The van der Waals surface area contributed by atoms with Gasteiger partial charge in [0.25, 0.3) is 0 Å². The summed E-state index contributed by atoms with van der Waals surface area (Å²) in [6, 6.07) is 2.13. The molecule has 0 amide bonds. The van der Waals surface area contributed by atoms with Crippen molar-refractivity contribution in [3.63, 3.8) is 0 Å². The van der Waals surface area contributed by atoms with E-state index in [2.05, 4.69) is 28.1 Å². The van der Waals surface area contributed by atoms with Crippen molar-refractivity contribution in [1.82, 2.24) is 10.2 Å². The predicted molar refractivity (Wildman–Crippen MR) is 51.9 cm³/mol. The molecular weight excluding hydrogens is 255 g/mol. The molecule has 1 heterocycles. The van der Waals surface area contributed by atoms with E-state index in [1.54, 1.807) is 0 Å². The molecular formula is C9H14N2Sn. The molecule has 0 saturated carbocycles. The zero-order chi connectivity index (χ0) is 8.81. The monoisotopic (exact) mass is 270 g/mol. The summed E-state index contributed by atoms with van der Waals surface area (Å²) in [6.07, 6.45) is 5.54. The van der Waals surface area contributed by atoms with Crippen LogP contribution in [0.2, 0.25) is 4.94 Å². The first kappa shape index (κ1) is 9.96. The molecule has 1 aromatic heterocycles. The topological polar surface area (TPSA) is 25.8 Å². The Morgan fingerprint density at radius 3 is 3.00 bits per heavy atom. The van der Waals surface area contributed by atoms with E-state index in [0.29, 0.717) is 0 Å². The molecule has 0 atom stereocenters. The third kappa shape index (κ3) is 2.73. The van der Waals surface area contributed by atoms with Crippen LogP contribution in [0, 0.1) is 0 Å². The van der Waals surface area contributed by atoms with E-state index in [1.165, 1.54) is 28.5 Å². The molecule has 0 bridgehead atoms. The second kappa shape index (κ2) is 5.51. The van der Waals surface area contributed by atoms with Gasteiger partial charge in [0, 0.05) is 0 Å². The fourth-order valence-electron chi connectivity index (χ4n) is 1.14. The molecule has 1 rings (SSSR count). The number of aryl methyl sites for hydroxylation is 1. The van der Waals surface area contributed by atoms with Crippen molar-refractivity contribution >= 4 is 24.9 Å². The fraction of sp³-hybridized carbons (Fsp3) is 0.556. The van der Waals surface area contributed by atoms with Crippen molar-refractivity contribution in [2.24, 2.45) is 0 Å². The van der Waals surface area contributed by atoms with Crippen molar-refractivity contribution in [2.45, 2.75) is 31.1 Å². The minimum absolute atomic E-state index is 0.393. The molecule has 3 heteroatoms. The molecule has 0 saturated heterocycles. The molecule has 2 radical (unpaired) electrons. The summed E-state index contributed by atoms with van der Waals surface area (Å²) in [5, 5.41) is 8.09. The van der Waals surface area contributed by atoms with Gasteiger partial charge in [-0.2, -0.15) is 0 Å². The first-order chi connectivity index (χ1) is 5.88. The van der Waals surface area contributed by atoms with Crippen LogP contribution in [0.15, 0.2) is 12.3 Å². The summed E-state index contributed by atoms with van der Waals surface area (Å²) in [6.45, 7) is 2.22. The molecule has 0 N–H and O–H groups in total. The Kier molecular flexibility index (Phi) is 4.58. The molecule has 0 aromatic carbocycles. The van der Waals surface area contributed by atoms with Crippen LogP contribution in [0.25, 0.3) is 0 Å². The van der Waals surface area contributed by atoms with Crippen LogP contribution in [0.3, 0.4) is 0 Å². The van der Waals surface area contributed by atoms with Crippen molar-refractivity contribution in [3.05, 3.63) is 17.8 Å². The second-order valence-corrected chi connectivity index (χ2v) is 5.54. The average Bonchev–Trinajstić information content (AvgIpc) is 2.15. The van der Waals surface area contributed by atoms with E-state index in [0.717, 1.165) is 0 Å². The normalized spacial score (nSPS) is 10.2. The summed E-state index contributed by atoms with van der Waals surface area (Å²) in [5.74, 6) is 0. The van der Waals surface area contributed by atoms with Gasteiger partial charge in [0.1, 0.15) is 0 Å². The van der Waals surface area contributed by atoms with Gasteiger partial charge < -0.3 is 0 Å². The third-order valence-corrected chi connectivity index (χ3v) is 4.39. The van der Waals surface area contributed by atoms with Gasteiger partial charge in [-0.15, -0.1) is 0 Å². The fourth-order valence-corrected chi connectivity index (χ4v) is 3.10. The Bertz CT molecular complexity index is 238. The maximum atomic E-state index is 4.18. The number of hydrogen-bond donors (Lipinski definition) is 0. The van der Waals surface area contributed by atoms with Crippen LogP contribution in [0.1, 0.15) is 25.3 Å². The zero-order valence-electron chi connectivity index (χ0n) is 7.67. The first-order valence-corrected chi connectivity index (χ1v) is 8.65. The van der Waals surface area contributed by atoms with Gasteiger partial charge in [-0.25, -0.2) is 0 Å². The molecule has 0 aliphatic rings. The standard InChI is InChI=1S/C8H11N2.CH3.Sn/c1-2-3-4-8-5-6-9-10-7-8;;/h5-6H,2-4H2,1H3;1H3;. The Morgan fingerprint density at radius 1 is 1.50 bits per heavy atom. The maximum absolute atomic E-state index is 4.18. The first-order valence-electron chi connectivity index (χ1n) is 4.36. The van der Waals surface area contributed by atoms with Crippen LogP contribution in [0.5, 0.6) is 0 Å². The second-order valence-electron chi connectivity index (χ2n) is 2.76. The van der Waals surface area contributed by atoms with E-state index >= 15 is 0 Å². The molecule has 0 fully saturated rings. The van der Waals surface area contributed by atoms with Crippen molar-refractivity contribution in [1.29, 1.82) is 0 Å². The molecule has 2 nitrogen and oxygen atoms in total. The van der Waals surface area contributed by atoms with Gasteiger partial charge in [0.15, 0.2) is 0 Å². The summed E-state index contributed by atoms with van der Waals surface area (Å²) >= 11 is -0.393. The third-order valence-electron chi connectivity index (χ3n) is 1.84. The van der Waals surface area contributed by atoms with Crippen molar-refractivity contribution in [3.8, 4) is 0 Å².